The van der Waals surface area contributed by atoms with Crippen LogP contribution in [-0.4, -0.2) is 37.5 Å². The van der Waals surface area contributed by atoms with Gasteiger partial charge in [0, 0.05) is 19.0 Å². The zero-order chi connectivity index (χ0) is 16.1. The molecule has 1 aliphatic rings. The van der Waals surface area contributed by atoms with E-state index >= 15 is 0 Å². The van der Waals surface area contributed by atoms with E-state index in [-0.39, 0.29) is 23.8 Å². The quantitative estimate of drug-likeness (QED) is 0.846. The van der Waals surface area contributed by atoms with Crippen molar-refractivity contribution in [3.8, 4) is 0 Å². The zero-order valence-electron chi connectivity index (χ0n) is 13.4. The van der Waals surface area contributed by atoms with Gasteiger partial charge in [-0.25, -0.2) is 4.39 Å². The van der Waals surface area contributed by atoms with Gasteiger partial charge < -0.3 is 16.0 Å². The lowest BCUT2D eigenvalue weighted by atomic mass is 9.99. The first-order valence-electron chi connectivity index (χ1n) is 7.91. The standard InChI is InChI=1S/C17H26FN3O/c1-21(2)16(12-6-8-14(18)9-7-12)11-20-17(22)10-13-4-3-5-15(13)19/h6-9,13,15-16H,3-5,10-11,19H2,1-2H3,(H,20,22)/t13-,15+,16?/m0/s1. The molecule has 3 atom stereocenters. The number of halogens is 1. The summed E-state index contributed by atoms with van der Waals surface area (Å²) < 4.78 is 13.0. The van der Waals surface area contributed by atoms with Gasteiger partial charge in [-0.2, -0.15) is 0 Å². The first kappa shape index (κ1) is 16.9. The summed E-state index contributed by atoms with van der Waals surface area (Å²) in [5.41, 5.74) is 7.00. The van der Waals surface area contributed by atoms with Gasteiger partial charge in [0.25, 0.3) is 0 Å². The number of rotatable bonds is 6. The molecular formula is C17H26FN3O. The zero-order valence-corrected chi connectivity index (χ0v) is 13.4. The lowest BCUT2D eigenvalue weighted by molar-refractivity contribution is -0.122. The van der Waals surface area contributed by atoms with Crippen LogP contribution in [0.5, 0.6) is 0 Å². The smallest absolute Gasteiger partial charge is 0.220 e. The highest BCUT2D eigenvalue weighted by atomic mass is 19.1. The molecule has 22 heavy (non-hydrogen) atoms. The molecule has 0 radical (unpaired) electrons. The van der Waals surface area contributed by atoms with Gasteiger partial charge in [0.2, 0.25) is 5.91 Å². The van der Waals surface area contributed by atoms with E-state index in [1.165, 1.54) is 12.1 Å². The Labute approximate surface area is 131 Å². The summed E-state index contributed by atoms with van der Waals surface area (Å²) in [5.74, 6) is 0.112. The van der Waals surface area contributed by atoms with Crippen molar-refractivity contribution in [3.63, 3.8) is 0 Å². The van der Waals surface area contributed by atoms with Gasteiger partial charge in [-0.1, -0.05) is 18.6 Å². The molecule has 0 aromatic heterocycles. The van der Waals surface area contributed by atoms with Gasteiger partial charge in [0.1, 0.15) is 5.82 Å². The monoisotopic (exact) mass is 307 g/mol. The molecule has 3 N–H and O–H groups in total. The molecule has 0 saturated heterocycles. The Balaban J connectivity index is 1.88. The van der Waals surface area contributed by atoms with Gasteiger partial charge >= 0.3 is 0 Å². The van der Waals surface area contributed by atoms with Crippen LogP contribution in [-0.2, 0) is 4.79 Å². The summed E-state index contributed by atoms with van der Waals surface area (Å²) in [6.07, 6.45) is 3.69. The van der Waals surface area contributed by atoms with Crippen LogP contribution in [0.15, 0.2) is 24.3 Å². The first-order chi connectivity index (χ1) is 10.5. The molecule has 1 amide bonds. The third-order valence-electron chi connectivity index (χ3n) is 4.54. The molecule has 1 fully saturated rings. The van der Waals surface area contributed by atoms with Crippen LogP contribution in [0.4, 0.5) is 4.39 Å². The number of hydrogen-bond donors (Lipinski definition) is 2. The third kappa shape index (κ3) is 4.52. The summed E-state index contributed by atoms with van der Waals surface area (Å²) in [5, 5.41) is 2.99. The fourth-order valence-electron chi connectivity index (χ4n) is 3.12. The molecule has 1 aliphatic carbocycles. The number of hydrogen-bond acceptors (Lipinski definition) is 3. The van der Waals surface area contributed by atoms with E-state index in [4.69, 9.17) is 5.73 Å². The fraction of sp³-hybridized carbons (Fsp3) is 0.588. The predicted octanol–water partition coefficient (Wildman–Crippen LogP) is 2.06. The molecule has 4 nitrogen and oxygen atoms in total. The summed E-state index contributed by atoms with van der Waals surface area (Å²) >= 11 is 0. The van der Waals surface area contributed by atoms with Crippen LogP contribution in [0.25, 0.3) is 0 Å². The number of likely N-dealkylation sites (N-methyl/N-ethyl adjacent to an activating group) is 1. The number of carbonyl (C=O) groups is 1. The lowest BCUT2D eigenvalue weighted by Crippen LogP contribution is -2.36. The number of nitrogens with two attached hydrogens (primary N) is 1. The van der Waals surface area contributed by atoms with Gasteiger partial charge in [-0.05, 0) is 50.6 Å². The Morgan fingerprint density at radius 1 is 1.36 bits per heavy atom. The topological polar surface area (TPSA) is 58.4 Å². The van der Waals surface area contributed by atoms with Gasteiger partial charge in [0.05, 0.1) is 6.04 Å². The molecule has 0 aliphatic heterocycles. The van der Waals surface area contributed by atoms with Crippen molar-refractivity contribution in [1.82, 2.24) is 10.2 Å². The second-order valence-corrected chi connectivity index (χ2v) is 6.39. The molecule has 2 rings (SSSR count). The Bertz CT molecular complexity index is 489. The van der Waals surface area contributed by atoms with Crippen molar-refractivity contribution >= 4 is 5.91 Å². The van der Waals surface area contributed by atoms with Crippen molar-refractivity contribution in [3.05, 3.63) is 35.6 Å². The number of amides is 1. The minimum atomic E-state index is -0.250. The number of nitrogens with zero attached hydrogens (tertiary/aromatic N) is 1. The Kier molecular flexibility index (Phi) is 5.91. The average molecular weight is 307 g/mol. The maximum atomic E-state index is 13.0. The van der Waals surface area contributed by atoms with Gasteiger partial charge in [-0.3, -0.25) is 4.79 Å². The van der Waals surface area contributed by atoms with Crippen molar-refractivity contribution < 1.29 is 9.18 Å². The molecule has 1 aromatic carbocycles. The van der Waals surface area contributed by atoms with Crippen LogP contribution < -0.4 is 11.1 Å². The Hall–Kier alpha value is -1.46. The number of carbonyl (C=O) groups excluding carboxylic acids is 1. The van der Waals surface area contributed by atoms with Crippen molar-refractivity contribution in [1.29, 1.82) is 0 Å². The van der Waals surface area contributed by atoms with Crippen LogP contribution in [0.2, 0.25) is 0 Å². The number of benzene rings is 1. The van der Waals surface area contributed by atoms with E-state index in [0.717, 1.165) is 24.8 Å². The third-order valence-corrected chi connectivity index (χ3v) is 4.54. The lowest BCUT2D eigenvalue weighted by Gasteiger charge is -2.25. The van der Waals surface area contributed by atoms with E-state index in [2.05, 4.69) is 5.32 Å². The van der Waals surface area contributed by atoms with E-state index in [0.29, 0.717) is 18.9 Å². The molecule has 1 saturated carbocycles. The highest BCUT2D eigenvalue weighted by Gasteiger charge is 2.26. The van der Waals surface area contributed by atoms with E-state index < -0.39 is 0 Å². The van der Waals surface area contributed by atoms with Crippen LogP contribution in [0.3, 0.4) is 0 Å². The van der Waals surface area contributed by atoms with Crippen LogP contribution in [0, 0.1) is 11.7 Å². The Morgan fingerprint density at radius 2 is 2.05 bits per heavy atom. The molecule has 0 spiro atoms. The maximum absolute atomic E-state index is 13.0. The summed E-state index contributed by atoms with van der Waals surface area (Å²) in [6, 6.07) is 6.61. The van der Waals surface area contributed by atoms with Crippen molar-refractivity contribution in [2.45, 2.75) is 37.8 Å². The minimum absolute atomic E-state index is 0.0294. The van der Waals surface area contributed by atoms with Gasteiger partial charge in [-0.15, -0.1) is 0 Å². The largest absolute Gasteiger partial charge is 0.354 e. The van der Waals surface area contributed by atoms with Crippen molar-refractivity contribution in [2.75, 3.05) is 20.6 Å². The second-order valence-electron chi connectivity index (χ2n) is 6.39. The molecule has 5 heteroatoms. The van der Waals surface area contributed by atoms with Gasteiger partial charge in [0.15, 0.2) is 0 Å². The average Bonchev–Trinajstić information content (AvgIpc) is 2.86. The summed E-state index contributed by atoms with van der Waals surface area (Å²) in [4.78, 5) is 14.1. The Morgan fingerprint density at radius 3 is 2.59 bits per heavy atom. The summed E-state index contributed by atoms with van der Waals surface area (Å²) in [6.45, 7) is 0.513. The molecule has 1 unspecified atom stereocenters. The van der Waals surface area contributed by atoms with Crippen molar-refractivity contribution in [2.24, 2.45) is 11.7 Å². The second kappa shape index (κ2) is 7.70. The molecule has 0 bridgehead atoms. The van der Waals surface area contributed by atoms with Crippen LogP contribution in [0.1, 0.15) is 37.3 Å². The highest BCUT2D eigenvalue weighted by Crippen LogP contribution is 2.26. The predicted molar refractivity (Wildman–Crippen MR) is 85.8 cm³/mol. The minimum Gasteiger partial charge on any atom is -0.354 e. The molecule has 0 heterocycles. The van der Waals surface area contributed by atoms with E-state index in [1.807, 2.05) is 19.0 Å². The van der Waals surface area contributed by atoms with Crippen LogP contribution >= 0.6 is 0 Å². The molecule has 122 valence electrons. The maximum Gasteiger partial charge on any atom is 0.220 e. The highest BCUT2D eigenvalue weighted by molar-refractivity contribution is 5.76. The SMILES string of the molecule is CN(C)C(CNC(=O)C[C@@H]1CCC[C@H]1N)c1ccc(F)cc1. The normalized spacial score (nSPS) is 22.8. The molecule has 1 aromatic rings. The first-order valence-corrected chi connectivity index (χ1v) is 7.91. The van der Waals surface area contributed by atoms with E-state index in [9.17, 15) is 9.18 Å². The molecular weight excluding hydrogens is 281 g/mol. The summed E-state index contributed by atoms with van der Waals surface area (Å²) in [7, 11) is 3.90. The van der Waals surface area contributed by atoms with E-state index in [1.54, 1.807) is 12.1 Å². The fourth-order valence-corrected chi connectivity index (χ4v) is 3.12. The number of nitrogens with one attached hydrogen (secondary N) is 1.